The lowest BCUT2D eigenvalue weighted by molar-refractivity contribution is -0.302. The van der Waals surface area contributed by atoms with E-state index in [4.69, 9.17) is 9.47 Å². The minimum absolute atomic E-state index is 0.169. The van der Waals surface area contributed by atoms with Gasteiger partial charge < -0.3 is 40.3 Å². The number of carbonyl (C=O) groups is 1. The molecular formula is C69H133NO8. The Morgan fingerprint density at radius 2 is 0.718 bits per heavy atom. The Morgan fingerprint density at radius 1 is 0.423 bits per heavy atom. The number of amides is 1. The molecule has 0 radical (unpaired) electrons. The molecular weight excluding hydrogens is 971 g/mol. The van der Waals surface area contributed by atoms with Crippen molar-refractivity contribution in [2.24, 2.45) is 0 Å². The monoisotopic (exact) mass is 1100 g/mol. The van der Waals surface area contributed by atoms with Crippen molar-refractivity contribution >= 4 is 5.91 Å². The van der Waals surface area contributed by atoms with Crippen molar-refractivity contribution in [1.29, 1.82) is 0 Å². The average molecular weight is 1100 g/mol. The number of hydrogen-bond acceptors (Lipinski definition) is 8. The summed E-state index contributed by atoms with van der Waals surface area (Å²) in [6.07, 6.45) is 69.9. The first-order chi connectivity index (χ1) is 38.3. The molecule has 1 aliphatic heterocycles. The first-order valence-corrected chi connectivity index (χ1v) is 34.6. The van der Waals surface area contributed by atoms with Gasteiger partial charge in [-0.2, -0.15) is 0 Å². The molecule has 1 fully saturated rings. The van der Waals surface area contributed by atoms with Gasteiger partial charge in [0, 0.05) is 6.42 Å². The van der Waals surface area contributed by atoms with Crippen molar-refractivity contribution in [3.05, 3.63) is 24.3 Å². The van der Waals surface area contributed by atoms with E-state index in [2.05, 4.69) is 31.3 Å². The van der Waals surface area contributed by atoms with Gasteiger partial charge in [0.1, 0.15) is 24.4 Å². The Hall–Kier alpha value is -1.33. The highest BCUT2D eigenvalue weighted by molar-refractivity contribution is 5.76. The Balaban J connectivity index is 2.13. The van der Waals surface area contributed by atoms with Crippen LogP contribution in [0.4, 0.5) is 0 Å². The highest BCUT2D eigenvalue weighted by Gasteiger charge is 2.44. The summed E-state index contributed by atoms with van der Waals surface area (Å²) >= 11 is 0. The summed E-state index contributed by atoms with van der Waals surface area (Å²) in [7, 11) is 0. The van der Waals surface area contributed by atoms with Gasteiger partial charge in [0.05, 0.1) is 25.4 Å². The zero-order chi connectivity index (χ0) is 56.5. The van der Waals surface area contributed by atoms with Crippen molar-refractivity contribution in [3.8, 4) is 0 Å². The molecule has 0 aromatic rings. The van der Waals surface area contributed by atoms with Crippen LogP contribution in [-0.4, -0.2) is 87.5 Å². The lowest BCUT2D eigenvalue weighted by atomic mass is 9.99. The average Bonchev–Trinajstić information content (AvgIpc) is 3.45. The second-order valence-corrected chi connectivity index (χ2v) is 24.3. The first-order valence-electron chi connectivity index (χ1n) is 34.6. The van der Waals surface area contributed by atoms with Crippen LogP contribution in [0.15, 0.2) is 24.3 Å². The molecule has 462 valence electrons. The molecule has 0 aromatic carbocycles. The van der Waals surface area contributed by atoms with Crippen LogP contribution in [0.1, 0.15) is 354 Å². The number of nitrogens with one attached hydrogen (secondary N) is 1. The molecule has 7 atom stereocenters. The number of rotatable bonds is 61. The fourth-order valence-electron chi connectivity index (χ4n) is 11.3. The summed E-state index contributed by atoms with van der Waals surface area (Å²) in [5, 5.41) is 54.8. The molecule has 78 heavy (non-hydrogen) atoms. The van der Waals surface area contributed by atoms with Gasteiger partial charge in [-0.3, -0.25) is 4.79 Å². The minimum Gasteiger partial charge on any atom is -0.394 e. The Labute approximate surface area is 483 Å². The molecule has 1 amide bonds. The van der Waals surface area contributed by atoms with E-state index in [0.717, 1.165) is 38.5 Å². The summed E-state index contributed by atoms with van der Waals surface area (Å²) in [5.41, 5.74) is 0. The Bertz CT molecular complexity index is 1280. The smallest absolute Gasteiger partial charge is 0.220 e. The van der Waals surface area contributed by atoms with E-state index in [0.29, 0.717) is 6.42 Å². The molecule has 1 heterocycles. The number of aliphatic hydroxyl groups excluding tert-OH is 5. The molecule has 0 bridgehead atoms. The van der Waals surface area contributed by atoms with Gasteiger partial charge in [0.15, 0.2) is 6.29 Å². The maximum absolute atomic E-state index is 13.1. The summed E-state index contributed by atoms with van der Waals surface area (Å²) in [4.78, 5) is 13.1. The predicted octanol–water partition coefficient (Wildman–Crippen LogP) is 18.5. The van der Waals surface area contributed by atoms with Gasteiger partial charge in [-0.15, -0.1) is 0 Å². The quantitative estimate of drug-likeness (QED) is 0.0261. The van der Waals surface area contributed by atoms with E-state index < -0.39 is 49.5 Å². The molecule has 7 unspecified atom stereocenters. The molecule has 0 spiro atoms. The van der Waals surface area contributed by atoms with E-state index in [9.17, 15) is 30.3 Å². The number of allylic oxidation sites excluding steroid dienone is 3. The van der Waals surface area contributed by atoms with Crippen LogP contribution in [0.5, 0.6) is 0 Å². The lowest BCUT2D eigenvalue weighted by Crippen LogP contribution is -2.60. The van der Waals surface area contributed by atoms with Crippen LogP contribution < -0.4 is 5.32 Å². The molecule has 0 aliphatic carbocycles. The zero-order valence-corrected chi connectivity index (χ0v) is 51.7. The standard InChI is InChI=1S/C69H133NO8/c1-3-5-7-9-11-13-15-17-19-21-23-25-27-29-31-32-33-35-37-39-41-43-45-47-49-51-53-55-57-59-65(73)70-62(61-77-69-68(76)67(75)66(74)64(60-71)78-69)63(72)58-56-54-52-50-48-46-44-42-40-38-36-34-30-28-26-24-22-20-18-16-14-12-10-8-6-4-2/h21,23,56,58,62-64,66-69,71-72,74-76H,3-20,22,24-55,57,59-61H2,1-2H3,(H,70,73)/b23-21-,58-56+. The van der Waals surface area contributed by atoms with Crippen LogP contribution in [-0.2, 0) is 14.3 Å². The number of unbranched alkanes of at least 4 members (excludes halogenated alkanes) is 49. The van der Waals surface area contributed by atoms with Crippen molar-refractivity contribution in [3.63, 3.8) is 0 Å². The lowest BCUT2D eigenvalue weighted by Gasteiger charge is -2.40. The van der Waals surface area contributed by atoms with Gasteiger partial charge in [-0.05, 0) is 44.9 Å². The van der Waals surface area contributed by atoms with Gasteiger partial charge in [0.25, 0.3) is 0 Å². The fourth-order valence-corrected chi connectivity index (χ4v) is 11.3. The predicted molar refractivity (Wildman–Crippen MR) is 332 cm³/mol. The summed E-state index contributed by atoms with van der Waals surface area (Å²) in [6.45, 7) is 3.84. The van der Waals surface area contributed by atoms with Gasteiger partial charge in [-0.25, -0.2) is 0 Å². The van der Waals surface area contributed by atoms with Gasteiger partial charge in [0.2, 0.25) is 5.91 Å². The SMILES string of the molecule is CCCCCCCCCC/C=C\CCCCCCCCCCCCCCCCCCCC(=O)NC(COC1OC(CO)C(O)C(O)C1O)C(O)/C=C/CCCCCCCCCCCCCCCCCCCCCCCCCC. The van der Waals surface area contributed by atoms with Crippen LogP contribution in [0.2, 0.25) is 0 Å². The van der Waals surface area contributed by atoms with Crippen LogP contribution in [0.25, 0.3) is 0 Å². The third-order valence-corrected chi connectivity index (χ3v) is 16.8. The van der Waals surface area contributed by atoms with E-state index in [-0.39, 0.29) is 12.5 Å². The number of ether oxygens (including phenoxy) is 2. The molecule has 6 N–H and O–H groups in total. The topological polar surface area (TPSA) is 149 Å². The molecule has 1 saturated heterocycles. The highest BCUT2D eigenvalue weighted by atomic mass is 16.7. The minimum atomic E-state index is -1.57. The van der Waals surface area contributed by atoms with Crippen molar-refractivity contribution in [1.82, 2.24) is 5.32 Å². The van der Waals surface area contributed by atoms with Gasteiger partial charge in [-0.1, -0.05) is 327 Å². The van der Waals surface area contributed by atoms with E-state index in [1.165, 1.54) is 295 Å². The summed E-state index contributed by atoms with van der Waals surface area (Å²) in [5.74, 6) is -0.169. The zero-order valence-electron chi connectivity index (χ0n) is 51.7. The first kappa shape index (κ1) is 74.7. The second-order valence-electron chi connectivity index (χ2n) is 24.3. The molecule has 9 heteroatoms. The Kier molecular flexibility index (Phi) is 56.3. The maximum atomic E-state index is 13.1. The Morgan fingerprint density at radius 3 is 1.04 bits per heavy atom. The number of carbonyl (C=O) groups excluding carboxylic acids is 1. The normalized spacial score (nSPS) is 18.7. The van der Waals surface area contributed by atoms with E-state index >= 15 is 0 Å². The van der Waals surface area contributed by atoms with Crippen LogP contribution in [0.3, 0.4) is 0 Å². The number of hydrogen-bond donors (Lipinski definition) is 6. The second kappa shape index (κ2) is 58.9. The molecule has 0 saturated carbocycles. The molecule has 0 aromatic heterocycles. The fraction of sp³-hybridized carbons (Fsp3) is 0.928. The third-order valence-electron chi connectivity index (χ3n) is 16.8. The molecule has 1 rings (SSSR count). The summed E-state index contributed by atoms with van der Waals surface area (Å²) in [6, 6.07) is -0.804. The largest absolute Gasteiger partial charge is 0.394 e. The highest BCUT2D eigenvalue weighted by Crippen LogP contribution is 2.23. The molecule has 1 aliphatic rings. The molecule has 9 nitrogen and oxygen atoms in total. The summed E-state index contributed by atoms with van der Waals surface area (Å²) < 4.78 is 11.3. The third kappa shape index (κ3) is 47.2. The van der Waals surface area contributed by atoms with Crippen LogP contribution in [0, 0.1) is 0 Å². The van der Waals surface area contributed by atoms with Crippen molar-refractivity contribution in [2.45, 2.75) is 397 Å². The van der Waals surface area contributed by atoms with Crippen molar-refractivity contribution < 1.29 is 39.8 Å². The van der Waals surface area contributed by atoms with Crippen molar-refractivity contribution in [2.75, 3.05) is 13.2 Å². The van der Waals surface area contributed by atoms with Gasteiger partial charge >= 0.3 is 0 Å². The number of aliphatic hydroxyl groups is 5. The van der Waals surface area contributed by atoms with Crippen LogP contribution >= 0.6 is 0 Å². The maximum Gasteiger partial charge on any atom is 0.220 e. The van der Waals surface area contributed by atoms with E-state index in [1.54, 1.807) is 6.08 Å². The van der Waals surface area contributed by atoms with E-state index in [1.807, 2.05) is 6.08 Å².